The fourth-order valence-electron chi connectivity index (χ4n) is 7.21. The number of aliphatic carboxylic acids is 1. The second-order valence-corrected chi connectivity index (χ2v) is 18.4. The number of rotatable bonds is 18. The topological polar surface area (TPSA) is 291 Å². The summed E-state index contributed by atoms with van der Waals surface area (Å²) in [5, 5.41) is 15.3. The van der Waals surface area contributed by atoms with E-state index in [2.05, 4.69) is 42.7 Å². The van der Waals surface area contributed by atoms with Crippen molar-refractivity contribution in [2.45, 2.75) is 63.6 Å². The first-order valence-corrected chi connectivity index (χ1v) is 25.8. The van der Waals surface area contributed by atoms with Crippen LogP contribution in [0.2, 0.25) is 0 Å². The van der Waals surface area contributed by atoms with Gasteiger partial charge in [0.05, 0.1) is 32.5 Å². The molecule has 1 aliphatic heterocycles. The molecule has 0 spiro atoms. The maximum absolute atomic E-state index is 13.2. The Kier molecular flexibility index (Phi) is 25.6. The van der Waals surface area contributed by atoms with E-state index in [1.807, 2.05) is 91.0 Å². The molecule has 3 aromatic carbocycles. The number of likely N-dealkylation sites (N-methyl/N-ethyl adjacent to an activating group) is 1. The number of carboxylic acid groups (broad SMARTS) is 1. The number of benzene rings is 3. The van der Waals surface area contributed by atoms with Crippen LogP contribution in [0.3, 0.4) is 0 Å². The first kappa shape index (κ1) is 64.1. The minimum Gasteiger partial charge on any atom is -0.748 e. The van der Waals surface area contributed by atoms with E-state index in [4.69, 9.17) is 14.7 Å². The number of hydrogen-bond donors (Lipinski definition) is 2. The van der Waals surface area contributed by atoms with E-state index in [9.17, 15) is 54.9 Å². The number of imide groups is 1. The molecule has 1 fully saturated rings. The van der Waals surface area contributed by atoms with E-state index in [1.54, 1.807) is 36.8 Å². The summed E-state index contributed by atoms with van der Waals surface area (Å²) < 4.78 is 66.3. The van der Waals surface area contributed by atoms with Crippen molar-refractivity contribution in [2.75, 3.05) is 25.9 Å². The number of fused-ring (bicyclic) bond motifs is 3. The molecule has 1 radical (unpaired) electrons. The number of pyridine rings is 4. The second-order valence-electron chi connectivity index (χ2n) is 17.0. The number of alkyl halides is 3. The van der Waals surface area contributed by atoms with E-state index in [-0.39, 0.29) is 70.3 Å². The molecule has 20 nitrogen and oxygen atoms in total. The number of nitrogens with zero attached hydrogens (tertiary/aromatic N) is 6. The maximum atomic E-state index is 13.2. The summed E-state index contributed by atoms with van der Waals surface area (Å²) >= 11 is 0. The van der Waals surface area contributed by atoms with Gasteiger partial charge in [0.25, 0.3) is 17.7 Å². The second kappa shape index (κ2) is 31.9. The van der Waals surface area contributed by atoms with Crippen LogP contribution in [0.25, 0.3) is 44.3 Å². The van der Waals surface area contributed by atoms with Crippen LogP contribution in [-0.2, 0) is 63.8 Å². The Balaban J connectivity index is 0.000000342. The molecule has 5 heterocycles. The molecule has 0 aliphatic carbocycles. The zero-order valence-electron chi connectivity index (χ0n) is 42.6. The first-order chi connectivity index (χ1) is 37.7. The number of carbonyl (C=O) groups is 7. The van der Waals surface area contributed by atoms with Crippen molar-refractivity contribution >= 4 is 73.4 Å². The number of unbranched alkanes of at least 4 members (excludes halogenated alkanes) is 3. The standard InChI is InChI=1S/C31H36N6O10S.2C11H8N.C2HF3O2.Ir/c1-36(24(38)8-4-2-3-5-9-27(41)47-37-25(39)12-13-26(37)40)18-17-34-31(43)23(19-48(44,45)46)35-30(42)22-14-16-33-29-21(22)11-10-20-7-6-15-32-28(20)29;2*1-2-6-10(7-3-1)11-8-4-5-9-12-11;3-2(4,5)1(6)7;/h6-7,10-11,14-16,23H,2-5,8-9,12-13,17-19H2,1H3,(H,34,43)(H,35,42)(H,44,45,46);2*1-6,8-9H;(H,6,7);/q;2*-1;;/p-2. The van der Waals surface area contributed by atoms with Crippen LogP contribution in [0.5, 0.6) is 0 Å². The van der Waals surface area contributed by atoms with Gasteiger partial charge >= 0.3 is 12.1 Å². The summed E-state index contributed by atoms with van der Waals surface area (Å²) in [6.45, 7) is -0.00343. The summed E-state index contributed by atoms with van der Waals surface area (Å²) in [5.74, 6) is -7.87. The van der Waals surface area contributed by atoms with Crippen molar-refractivity contribution in [3.8, 4) is 22.5 Å². The largest absolute Gasteiger partial charge is 0.748 e. The van der Waals surface area contributed by atoms with E-state index in [0.29, 0.717) is 47.2 Å². The molecule has 0 bridgehead atoms. The van der Waals surface area contributed by atoms with Crippen LogP contribution in [0.1, 0.15) is 61.7 Å². The van der Waals surface area contributed by atoms with Crippen molar-refractivity contribution in [3.05, 3.63) is 158 Å². The predicted octanol–water partition coefficient (Wildman–Crippen LogP) is 5.34. The molecule has 4 aromatic heterocycles. The Morgan fingerprint density at radius 2 is 1.27 bits per heavy atom. The van der Waals surface area contributed by atoms with Crippen molar-refractivity contribution in [1.29, 1.82) is 0 Å². The number of aromatic nitrogens is 4. The summed E-state index contributed by atoms with van der Waals surface area (Å²) in [4.78, 5) is 106. The molecule has 1 unspecified atom stereocenters. The Morgan fingerprint density at radius 1 is 0.725 bits per heavy atom. The van der Waals surface area contributed by atoms with Gasteiger partial charge < -0.3 is 44.8 Å². The fraction of sp³-hybridized carbons (Fsp3) is 0.255. The number of halogens is 3. The summed E-state index contributed by atoms with van der Waals surface area (Å²) in [7, 11) is -3.39. The minimum absolute atomic E-state index is 0. The Hall–Kier alpha value is -8.38. The average molecular weight is 1300 g/mol. The van der Waals surface area contributed by atoms with E-state index < -0.39 is 63.7 Å². The number of hydrogen-bond acceptors (Lipinski definition) is 16. The number of amides is 5. The van der Waals surface area contributed by atoms with Gasteiger partial charge in [0, 0.05) is 101 Å². The Labute approximate surface area is 471 Å². The van der Waals surface area contributed by atoms with Crippen LogP contribution < -0.4 is 15.7 Å². The fourth-order valence-corrected chi connectivity index (χ4v) is 7.86. The maximum Gasteiger partial charge on any atom is 0.430 e. The summed E-state index contributed by atoms with van der Waals surface area (Å²) in [6, 6.07) is 40.3. The smallest absolute Gasteiger partial charge is 0.430 e. The summed E-state index contributed by atoms with van der Waals surface area (Å²) in [6.07, 6.45) is 3.84. The van der Waals surface area contributed by atoms with Crippen LogP contribution >= 0.6 is 0 Å². The Morgan fingerprint density at radius 3 is 1.80 bits per heavy atom. The molecule has 423 valence electrons. The minimum atomic E-state index is -5.19. The molecule has 0 saturated carbocycles. The van der Waals surface area contributed by atoms with Gasteiger partial charge in [0.2, 0.25) is 11.8 Å². The van der Waals surface area contributed by atoms with Gasteiger partial charge in [-0.1, -0.05) is 55.3 Å². The van der Waals surface area contributed by atoms with Gasteiger partial charge in [-0.2, -0.15) is 13.2 Å². The number of nitrogens with one attached hydrogen (secondary N) is 2. The monoisotopic (exact) mass is 1300 g/mol. The molecule has 1 aliphatic rings. The molecule has 1 atom stereocenters. The van der Waals surface area contributed by atoms with E-state index >= 15 is 0 Å². The normalized spacial score (nSPS) is 12.2. The SMILES string of the molecule is CN(CCNC(=O)C(CS(=O)(=O)[O-])NC(=O)c1ccnc2c1ccc1cccnc12)C(=O)CCCCCCC(=O)ON1C(=O)CCC1=O.O=C([O-])C(F)(F)F.[Ir].[c-]1ccccc1-c1ccccn1.[c-]1ccccc1-c1ccccn1. The predicted molar refractivity (Wildman–Crippen MR) is 276 cm³/mol. The molecule has 5 amide bonds. The average Bonchev–Trinajstić information content (AvgIpc) is 3.76. The third kappa shape index (κ3) is 21.1. The Bertz CT molecular complexity index is 3140. The molecular formula is C55H51F3IrN8O12S-4. The molecule has 25 heteroatoms. The molecule has 8 rings (SSSR count). The van der Waals surface area contributed by atoms with Crippen molar-refractivity contribution in [3.63, 3.8) is 0 Å². The zero-order valence-corrected chi connectivity index (χ0v) is 45.8. The van der Waals surface area contributed by atoms with Crippen molar-refractivity contribution in [2.24, 2.45) is 0 Å². The molecule has 80 heavy (non-hydrogen) atoms. The molecule has 2 N–H and O–H groups in total. The number of carboxylic acids is 1. The van der Waals surface area contributed by atoms with Gasteiger partial charge in [-0.3, -0.25) is 33.9 Å². The zero-order chi connectivity index (χ0) is 57.4. The van der Waals surface area contributed by atoms with Crippen LogP contribution in [0.15, 0.2) is 140 Å². The quantitative estimate of drug-likeness (QED) is 0.0360. The van der Waals surface area contributed by atoms with Gasteiger partial charge in [0.1, 0.15) is 12.0 Å². The van der Waals surface area contributed by atoms with Crippen LogP contribution in [-0.4, -0.2) is 122 Å². The third-order valence-corrected chi connectivity index (χ3v) is 11.9. The van der Waals surface area contributed by atoms with E-state index in [1.165, 1.54) is 24.2 Å². The van der Waals surface area contributed by atoms with Gasteiger partial charge in [0.15, 0.2) is 0 Å². The van der Waals surface area contributed by atoms with Gasteiger partial charge in [-0.25, -0.2) is 13.2 Å². The van der Waals surface area contributed by atoms with Crippen molar-refractivity contribution in [1.82, 2.24) is 40.5 Å². The third-order valence-electron chi connectivity index (χ3n) is 11.1. The van der Waals surface area contributed by atoms with Gasteiger partial charge in [-0.05, 0) is 48.5 Å². The van der Waals surface area contributed by atoms with E-state index in [0.717, 1.165) is 27.9 Å². The van der Waals surface area contributed by atoms with Crippen LogP contribution in [0, 0.1) is 12.1 Å². The number of carbonyl (C=O) groups excluding carboxylic acids is 7. The molecule has 7 aromatic rings. The summed E-state index contributed by atoms with van der Waals surface area (Å²) in [5.41, 5.74) is 5.11. The van der Waals surface area contributed by atoms with Crippen molar-refractivity contribution < 1.29 is 89.8 Å². The first-order valence-electron chi connectivity index (χ1n) is 24.2. The van der Waals surface area contributed by atoms with Gasteiger partial charge in [-0.15, -0.1) is 76.9 Å². The van der Waals surface area contributed by atoms with Crippen LogP contribution in [0.4, 0.5) is 13.2 Å². The number of hydroxylamine groups is 2. The molecular weight excluding hydrogens is 1250 g/mol. The molecule has 1 saturated heterocycles.